The normalized spacial score (nSPS) is 13.5. The lowest BCUT2D eigenvalue weighted by Gasteiger charge is -2.12. The molecule has 20 heavy (non-hydrogen) atoms. The average Bonchev–Trinajstić information content (AvgIpc) is 2.87. The number of benzene rings is 1. The second-order valence-corrected chi connectivity index (χ2v) is 4.80. The summed E-state index contributed by atoms with van der Waals surface area (Å²) in [5, 5.41) is 7.12. The number of aromatic nitrogens is 2. The highest BCUT2D eigenvalue weighted by Crippen LogP contribution is 2.30. The molecule has 1 heterocycles. The van der Waals surface area contributed by atoms with Crippen molar-refractivity contribution < 1.29 is 13.2 Å². The van der Waals surface area contributed by atoms with Crippen LogP contribution in [0.25, 0.3) is 5.69 Å². The molecule has 0 aliphatic heterocycles. The molecule has 108 valence electrons. The fourth-order valence-corrected chi connectivity index (χ4v) is 2.02. The minimum atomic E-state index is -4.41. The van der Waals surface area contributed by atoms with Crippen molar-refractivity contribution in [1.29, 1.82) is 0 Å². The Balaban J connectivity index is 2.36. The second kappa shape index (κ2) is 5.46. The van der Waals surface area contributed by atoms with Crippen LogP contribution in [0.1, 0.15) is 24.1 Å². The van der Waals surface area contributed by atoms with Crippen molar-refractivity contribution in [3.05, 3.63) is 46.7 Å². The number of rotatable bonds is 3. The minimum Gasteiger partial charge on any atom is -0.313 e. The van der Waals surface area contributed by atoms with Gasteiger partial charge in [0.2, 0.25) is 0 Å². The number of nitrogens with zero attached hydrogens (tertiary/aromatic N) is 2. The Morgan fingerprint density at radius 2 is 2.05 bits per heavy atom. The molecule has 0 fully saturated rings. The molecule has 1 unspecified atom stereocenters. The van der Waals surface area contributed by atoms with Crippen LogP contribution in [0.15, 0.2) is 30.6 Å². The SMILES string of the molecule is CNC(C)c1ccc(-n2cc(C(F)(F)F)cn2)c(Cl)c1. The van der Waals surface area contributed by atoms with E-state index in [9.17, 15) is 13.2 Å². The second-order valence-electron chi connectivity index (χ2n) is 4.39. The molecule has 0 amide bonds. The summed E-state index contributed by atoms with van der Waals surface area (Å²) in [4.78, 5) is 0. The summed E-state index contributed by atoms with van der Waals surface area (Å²) in [7, 11) is 1.82. The van der Waals surface area contributed by atoms with Gasteiger partial charge in [-0.15, -0.1) is 0 Å². The van der Waals surface area contributed by atoms with Gasteiger partial charge in [-0.2, -0.15) is 18.3 Å². The summed E-state index contributed by atoms with van der Waals surface area (Å²) in [6.45, 7) is 1.96. The molecule has 0 radical (unpaired) electrons. The number of hydrogen-bond donors (Lipinski definition) is 1. The molecule has 1 aromatic carbocycles. The van der Waals surface area contributed by atoms with Crippen LogP contribution < -0.4 is 5.32 Å². The van der Waals surface area contributed by atoms with Crippen LogP contribution in [0, 0.1) is 0 Å². The summed E-state index contributed by atoms with van der Waals surface area (Å²) in [6.07, 6.45) is -2.71. The summed E-state index contributed by atoms with van der Waals surface area (Å²) < 4.78 is 38.7. The maximum absolute atomic E-state index is 12.5. The zero-order valence-corrected chi connectivity index (χ0v) is 11.6. The Hall–Kier alpha value is -1.53. The molecule has 1 aromatic heterocycles. The summed E-state index contributed by atoms with van der Waals surface area (Å²) in [5.74, 6) is 0. The zero-order chi connectivity index (χ0) is 14.9. The lowest BCUT2D eigenvalue weighted by Crippen LogP contribution is -2.12. The van der Waals surface area contributed by atoms with Gasteiger partial charge in [-0.25, -0.2) is 4.68 Å². The Morgan fingerprint density at radius 3 is 2.55 bits per heavy atom. The van der Waals surface area contributed by atoms with Gasteiger partial charge in [0.15, 0.2) is 0 Å². The van der Waals surface area contributed by atoms with E-state index in [1.165, 1.54) is 0 Å². The lowest BCUT2D eigenvalue weighted by atomic mass is 10.1. The Morgan fingerprint density at radius 1 is 1.35 bits per heavy atom. The first-order valence-electron chi connectivity index (χ1n) is 5.92. The van der Waals surface area contributed by atoms with Crippen molar-refractivity contribution in [2.24, 2.45) is 0 Å². The van der Waals surface area contributed by atoms with Crippen molar-refractivity contribution in [2.75, 3.05) is 7.05 Å². The first kappa shape index (κ1) is 14.9. The first-order chi connectivity index (χ1) is 9.32. The largest absolute Gasteiger partial charge is 0.419 e. The van der Waals surface area contributed by atoms with Gasteiger partial charge in [-0.1, -0.05) is 17.7 Å². The third kappa shape index (κ3) is 2.96. The van der Waals surface area contributed by atoms with Crippen molar-refractivity contribution >= 4 is 11.6 Å². The van der Waals surface area contributed by atoms with Crippen LogP contribution >= 0.6 is 11.6 Å². The van der Waals surface area contributed by atoms with Crippen LogP contribution in [0.4, 0.5) is 13.2 Å². The van der Waals surface area contributed by atoms with E-state index in [2.05, 4.69) is 10.4 Å². The molecule has 0 spiro atoms. The monoisotopic (exact) mass is 303 g/mol. The highest BCUT2D eigenvalue weighted by atomic mass is 35.5. The zero-order valence-electron chi connectivity index (χ0n) is 10.9. The van der Waals surface area contributed by atoms with Gasteiger partial charge in [0.1, 0.15) is 0 Å². The number of halogens is 4. The standard InChI is InChI=1S/C13H13ClF3N3/c1-8(18-2)9-3-4-12(11(14)5-9)20-7-10(6-19-20)13(15,16)17/h3-8,18H,1-2H3. The predicted molar refractivity (Wildman–Crippen MR) is 71.1 cm³/mol. The molecule has 1 atom stereocenters. The average molecular weight is 304 g/mol. The quantitative estimate of drug-likeness (QED) is 0.934. The molecule has 2 aromatic rings. The van der Waals surface area contributed by atoms with Gasteiger partial charge in [0.05, 0.1) is 22.5 Å². The van der Waals surface area contributed by atoms with Crippen molar-refractivity contribution in [2.45, 2.75) is 19.1 Å². The molecule has 0 aliphatic rings. The van der Waals surface area contributed by atoms with Gasteiger partial charge in [0.25, 0.3) is 0 Å². The van der Waals surface area contributed by atoms with Crippen LogP contribution in [-0.2, 0) is 6.18 Å². The molecule has 0 bridgehead atoms. The molecular weight excluding hydrogens is 291 g/mol. The molecule has 7 heteroatoms. The Kier molecular flexibility index (Phi) is 4.06. The maximum atomic E-state index is 12.5. The van der Waals surface area contributed by atoms with E-state index < -0.39 is 11.7 Å². The third-order valence-electron chi connectivity index (χ3n) is 3.06. The first-order valence-corrected chi connectivity index (χ1v) is 6.29. The van der Waals surface area contributed by atoms with Gasteiger partial charge < -0.3 is 5.32 Å². The van der Waals surface area contributed by atoms with E-state index in [4.69, 9.17) is 11.6 Å². The molecule has 3 nitrogen and oxygen atoms in total. The highest BCUT2D eigenvalue weighted by Gasteiger charge is 2.32. The lowest BCUT2D eigenvalue weighted by molar-refractivity contribution is -0.137. The van der Waals surface area contributed by atoms with Gasteiger partial charge in [-0.05, 0) is 31.7 Å². The van der Waals surface area contributed by atoms with Crippen molar-refractivity contribution in [3.8, 4) is 5.69 Å². The minimum absolute atomic E-state index is 0.102. The molecule has 0 saturated carbocycles. The molecular formula is C13H13ClF3N3. The number of alkyl halides is 3. The van der Waals surface area contributed by atoms with Crippen LogP contribution in [0.5, 0.6) is 0 Å². The van der Waals surface area contributed by atoms with Crippen LogP contribution in [-0.4, -0.2) is 16.8 Å². The summed E-state index contributed by atoms with van der Waals surface area (Å²) >= 11 is 6.12. The topological polar surface area (TPSA) is 29.9 Å². The highest BCUT2D eigenvalue weighted by molar-refractivity contribution is 6.32. The van der Waals surface area contributed by atoms with Gasteiger partial charge in [-0.3, -0.25) is 0 Å². The van der Waals surface area contributed by atoms with Crippen molar-refractivity contribution in [3.63, 3.8) is 0 Å². The molecule has 0 saturated heterocycles. The molecule has 1 N–H and O–H groups in total. The van der Waals surface area contributed by atoms with Crippen molar-refractivity contribution in [1.82, 2.24) is 15.1 Å². The Labute approximate surface area is 119 Å². The fraction of sp³-hybridized carbons (Fsp3) is 0.308. The number of hydrogen-bond acceptors (Lipinski definition) is 2. The Bertz CT molecular complexity index is 607. The number of nitrogens with one attached hydrogen (secondary N) is 1. The van der Waals surface area contributed by atoms with E-state index in [-0.39, 0.29) is 6.04 Å². The third-order valence-corrected chi connectivity index (χ3v) is 3.36. The van der Waals surface area contributed by atoms with Crippen LogP contribution in [0.2, 0.25) is 5.02 Å². The maximum Gasteiger partial charge on any atom is 0.419 e. The molecule has 0 aliphatic carbocycles. The smallest absolute Gasteiger partial charge is 0.313 e. The predicted octanol–water partition coefficient (Wildman–Crippen LogP) is 3.82. The van der Waals surface area contributed by atoms with E-state index in [0.717, 1.165) is 22.6 Å². The molecule has 2 rings (SSSR count). The summed E-state index contributed by atoms with van der Waals surface area (Å²) in [5.41, 5.74) is 0.555. The van der Waals surface area contributed by atoms with E-state index >= 15 is 0 Å². The van der Waals surface area contributed by atoms with Crippen LogP contribution in [0.3, 0.4) is 0 Å². The van der Waals surface area contributed by atoms with E-state index in [1.54, 1.807) is 18.2 Å². The van der Waals surface area contributed by atoms with E-state index in [0.29, 0.717) is 10.7 Å². The van der Waals surface area contributed by atoms with Gasteiger partial charge in [0, 0.05) is 12.2 Å². The van der Waals surface area contributed by atoms with Gasteiger partial charge >= 0.3 is 6.18 Å². The van der Waals surface area contributed by atoms with E-state index in [1.807, 2.05) is 14.0 Å². The fourth-order valence-electron chi connectivity index (χ4n) is 1.75. The summed E-state index contributed by atoms with van der Waals surface area (Å²) in [6, 6.07) is 5.27.